The van der Waals surface area contributed by atoms with Crippen LogP contribution in [-0.2, 0) is 22.6 Å². The molecule has 0 radical (unpaired) electrons. The lowest BCUT2D eigenvalue weighted by Crippen LogP contribution is -2.34. The molecule has 1 unspecified atom stereocenters. The summed E-state index contributed by atoms with van der Waals surface area (Å²) >= 11 is 7.24. The minimum atomic E-state index is -0.921. The second-order valence-corrected chi connectivity index (χ2v) is 7.04. The molecule has 0 saturated carbocycles. The molecule has 1 amide bonds. The number of carboxylic acids is 1. The quantitative estimate of drug-likeness (QED) is 0.758. The van der Waals surface area contributed by atoms with Gasteiger partial charge in [-0.3, -0.25) is 9.59 Å². The maximum absolute atomic E-state index is 12.1. The number of aromatic nitrogens is 1. The first-order valence-corrected chi connectivity index (χ1v) is 8.89. The number of carbonyl (C=O) groups is 2. The highest BCUT2D eigenvalue weighted by atomic mass is 35.5. The maximum Gasteiger partial charge on any atom is 0.308 e. The highest BCUT2D eigenvalue weighted by Crippen LogP contribution is 2.18. The lowest BCUT2D eigenvalue weighted by Gasteiger charge is -2.18. The molecule has 6 nitrogen and oxygen atoms in total. The van der Waals surface area contributed by atoms with Crippen molar-refractivity contribution in [1.29, 1.82) is 0 Å². The van der Waals surface area contributed by atoms with Crippen LogP contribution >= 0.6 is 22.9 Å². The second kappa shape index (κ2) is 8.82. The van der Waals surface area contributed by atoms with Crippen molar-refractivity contribution >= 4 is 34.8 Å². The molecule has 1 heterocycles. The predicted octanol–water partition coefficient (Wildman–Crippen LogP) is 3.10. The van der Waals surface area contributed by atoms with Gasteiger partial charge in [-0.1, -0.05) is 18.5 Å². The van der Waals surface area contributed by atoms with E-state index < -0.39 is 11.9 Å². The lowest BCUT2D eigenvalue weighted by atomic mass is 10.1. The minimum Gasteiger partial charge on any atom is -0.486 e. The highest BCUT2D eigenvalue weighted by molar-refractivity contribution is 7.09. The van der Waals surface area contributed by atoms with Crippen molar-refractivity contribution in [2.75, 3.05) is 13.6 Å². The van der Waals surface area contributed by atoms with E-state index in [1.165, 1.54) is 16.2 Å². The van der Waals surface area contributed by atoms with Crippen LogP contribution in [0.25, 0.3) is 0 Å². The summed E-state index contributed by atoms with van der Waals surface area (Å²) in [6.45, 7) is 2.05. The molecule has 0 spiro atoms. The van der Waals surface area contributed by atoms with Gasteiger partial charge < -0.3 is 14.7 Å². The number of carboxylic acid groups (broad SMARTS) is 1. The number of thiazole rings is 1. The van der Waals surface area contributed by atoms with Crippen LogP contribution in [0.3, 0.4) is 0 Å². The number of rotatable bonds is 8. The Hall–Kier alpha value is -2.12. The van der Waals surface area contributed by atoms with Gasteiger partial charge in [0.05, 0.1) is 18.0 Å². The number of aliphatic carboxylic acids is 1. The summed E-state index contributed by atoms with van der Waals surface area (Å²) in [7, 11) is 1.60. The average Bonchev–Trinajstić information content (AvgIpc) is 3.01. The molecule has 2 rings (SSSR count). The molecule has 2 aromatic rings. The summed E-state index contributed by atoms with van der Waals surface area (Å²) in [6, 6.07) is 7.05. The maximum atomic E-state index is 12.1. The van der Waals surface area contributed by atoms with Crippen molar-refractivity contribution in [1.82, 2.24) is 9.88 Å². The first-order valence-electron chi connectivity index (χ1n) is 7.63. The number of nitrogens with zero attached hydrogens (tertiary/aromatic N) is 2. The Bertz CT molecular complexity index is 733. The van der Waals surface area contributed by atoms with E-state index in [0.717, 1.165) is 5.01 Å². The van der Waals surface area contributed by atoms with Gasteiger partial charge in [-0.2, -0.15) is 0 Å². The number of carbonyl (C=O) groups excluding carboxylic acids is 1. The highest BCUT2D eigenvalue weighted by Gasteiger charge is 2.18. The molecule has 0 bridgehead atoms. The summed E-state index contributed by atoms with van der Waals surface area (Å²) in [5.41, 5.74) is 0.652. The van der Waals surface area contributed by atoms with E-state index in [0.29, 0.717) is 23.1 Å². The van der Waals surface area contributed by atoms with Crippen molar-refractivity contribution in [2.24, 2.45) is 5.92 Å². The molecule has 0 aliphatic heterocycles. The first-order chi connectivity index (χ1) is 11.8. The molecule has 1 N–H and O–H groups in total. The summed E-state index contributed by atoms with van der Waals surface area (Å²) < 4.78 is 5.62. The molecule has 1 aromatic heterocycles. The summed E-state index contributed by atoms with van der Waals surface area (Å²) in [5.74, 6) is -0.995. The van der Waals surface area contributed by atoms with Gasteiger partial charge in [0, 0.05) is 24.0 Å². The van der Waals surface area contributed by atoms with Gasteiger partial charge in [-0.05, 0) is 24.3 Å². The second-order valence-electron chi connectivity index (χ2n) is 5.67. The molecular formula is C17H19ClN2O4S. The van der Waals surface area contributed by atoms with Crippen molar-refractivity contribution in [2.45, 2.75) is 20.0 Å². The lowest BCUT2D eigenvalue weighted by molar-refractivity contribution is -0.142. The Balaban J connectivity index is 1.85. The molecule has 0 saturated heterocycles. The molecule has 0 aliphatic carbocycles. The number of amides is 1. The van der Waals surface area contributed by atoms with E-state index in [1.54, 1.807) is 38.2 Å². The Kier molecular flexibility index (Phi) is 6.78. The van der Waals surface area contributed by atoms with Crippen LogP contribution in [0.2, 0.25) is 5.02 Å². The van der Waals surface area contributed by atoms with Crippen LogP contribution in [0, 0.1) is 5.92 Å². The molecule has 0 aliphatic rings. The Morgan fingerprint density at radius 2 is 2.04 bits per heavy atom. The SMILES string of the molecule is CC(CN(C)C(=O)Cc1csc(COc2ccc(Cl)cc2)n1)C(=O)O. The van der Waals surface area contributed by atoms with Gasteiger partial charge in [0.1, 0.15) is 17.4 Å². The minimum absolute atomic E-state index is 0.139. The van der Waals surface area contributed by atoms with Crippen molar-refractivity contribution in [3.8, 4) is 5.75 Å². The third-order valence-electron chi connectivity index (χ3n) is 3.50. The van der Waals surface area contributed by atoms with Crippen molar-refractivity contribution in [3.05, 3.63) is 45.4 Å². The van der Waals surface area contributed by atoms with Crippen molar-refractivity contribution < 1.29 is 19.4 Å². The van der Waals surface area contributed by atoms with E-state index in [9.17, 15) is 9.59 Å². The van der Waals surface area contributed by atoms with Gasteiger partial charge in [-0.25, -0.2) is 4.98 Å². The molecule has 1 aromatic carbocycles. The number of hydrogen-bond acceptors (Lipinski definition) is 5. The van der Waals surface area contributed by atoms with Gasteiger partial charge in [0.2, 0.25) is 5.91 Å². The van der Waals surface area contributed by atoms with Gasteiger partial charge in [0.25, 0.3) is 0 Å². The van der Waals surface area contributed by atoms with E-state index >= 15 is 0 Å². The summed E-state index contributed by atoms with van der Waals surface area (Å²) in [4.78, 5) is 28.8. The van der Waals surface area contributed by atoms with E-state index in [-0.39, 0.29) is 18.9 Å². The zero-order valence-corrected chi connectivity index (χ0v) is 15.5. The van der Waals surface area contributed by atoms with Crippen LogP contribution in [0.1, 0.15) is 17.6 Å². The monoisotopic (exact) mass is 382 g/mol. The van der Waals surface area contributed by atoms with Crippen LogP contribution in [0.5, 0.6) is 5.75 Å². The standard InChI is InChI=1S/C17H19ClN2O4S/c1-11(17(22)23)8-20(2)16(21)7-13-10-25-15(19-13)9-24-14-5-3-12(18)4-6-14/h3-6,10-11H,7-9H2,1-2H3,(H,22,23). The fourth-order valence-corrected chi connectivity index (χ4v) is 2.88. The van der Waals surface area contributed by atoms with E-state index in [4.69, 9.17) is 21.4 Å². The molecule has 25 heavy (non-hydrogen) atoms. The zero-order valence-electron chi connectivity index (χ0n) is 13.9. The largest absolute Gasteiger partial charge is 0.486 e. The molecule has 8 heteroatoms. The van der Waals surface area contributed by atoms with Crippen LogP contribution in [0.15, 0.2) is 29.6 Å². The summed E-state index contributed by atoms with van der Waals surface area (Å²) in [5, 5.41) is 12.1. The van der Waals surface area contributed by atoms with Crippen molar-refractivity contribution in [3.63, 3.8) is 0 Å². The third-order valence-corrected chi connectivity index (χ3v) is 4.63. The topological polar surface area (TPSA) is 79.7 Å². The first kappa shape index (κ1) is 19.2. The van der Waals surface area contributed by atoms with E-state index in [2.05, 4.69) is 4.98 Å². The van der Waals surface area contributed by atoms with Gasteiger partial charge in [-0.15, -0.1) is 11.3 Å². The number of halogens is 1. The number of hydrogen-bond donors (Lipinski definition) is 1. The average molecular weight is 383 g/mol. The fraction of sp³-hybridized carbons (Fsp3) is 0.353. The third kappa shape index (κ3) is 6.03. The van der Waals surface area contributed by atoms with E-state index in [1.807, 2.05) is 5.38 Å². The molecular weight excluding hydrogens is 364 g/mol. The number of benzene rings is 1. The fourth-order valence-electron chi connectivity index (χ4n) is 2.05. The van der Waals surface area contributed by atoms with Crippen LogP contribution in [-0.4, -0.2) is 40.5 Å². The van der Waals surface area contributed by atoms with Crippen LogP contribution in [0.4, 0.5) is 0 Å². The predicted molar refractivity (Wildman–Crippen MR) is 96.0 cm³/mol. The van der Waals surface area contributed by atoms with Crippen LogP contribution < -0.4 is 4.74 Å². The Morgan fingerprint density at radius 1 is 1.36 bits per heavy atom. The number of likely N-dealkylation sites (N-methyl/N-ethyl adjacent to an activating group) is 1. The Labute approximate surface area is 155 Å². The Morgan fingerprint density at radius 3 is 2.68 bits per heavy atom. The number of ether oxygens (including phenoxy) is 1. The van der Waals surface area contributed by atoms with Gasteiger partial charge >= 0.3 is 5.97 Å². The smallest absolute Gasteiger partial charge is 0.308 e. The van der Waals surface area contributed by atoms with Gasteiger partial charge in [0.15, 0.2) is 0 Å². The molecule has 0 fully saturated rings. The summed E-state index contributed by atoms with van der Waals surface area (Å²) in [6.07, 6.45) is 0.139. The molecule has 1 atom stereocenters. The zero-order chi connectivity index (χ0) is 18.4. The normalized spacial score (nSPS) is 11.8. The molecule has 134 valence electrons.